The van der Waals surface area contributed by atoms with E-state index in [1.165, 1.54) is 0 Å². The lowest BCUT2D eigenvalue weighted by Crippen LogP contribution is -2.35. The standard InChI is InChI=1S/C9H19NO3/c1-5-6-7-10(12)8(11)13-9(2,3)4/h12H,5-7H2,1-4H3. The summed E-state index contributed by atoms with van der Waals surface area (Å²) in [5.41, 5.74) is -0.551. The molecular formula is C9H19NO3. The van der Waals surface area contributed by atoms with Gasteiger partial charge in [-0.1, -0.05) is 13.3 Å². The summed E-state index contributed by atoms with van der Waals surface area (Å²) in [6, 6.07) is 0. The Morgan fingerprint density at radius 2 is 2.00 bits per heavy atom. The van der Waals surface area contributed by atoms with Crippen LogP contribution in [0.25, 0.3) is 0 Å². The Bertz CT molecular complexity index is 163. The van der Waals surface area contributed by atoms with E-state index in [4.69, 9.17) is 4.74 Å². The summed E-state index contributed by atoms with van der Waals surface area (Å²) in [5, 5.41) is 9.79. The first kappa shape index (κ1) is 12.2. The Morgan fingerprint density at radius 1 is 1.46 bits per heavy atom. The van der Waals surface area contributed by atoms with Crippen LogP contribution in [0.15, 0.2) is 0 Å². The van der Waals surface area contributed by atoms with Crippen molar-refractivity contribution >= 4 is 6.09 Å². The van der Waals surface area contributed by atoms with E-state index in [0.29, 0.717) is 11.6 Å². The average Bonchev–Trinajstić information content (AvgIpc) is 1.96. The average molecular weight is 189 g/mol. The summed E-state index contributed by atoms with van der Waals surface area (Å²) in [6.45, 7) is 7.60. The molecule has 0 aliphatic rings. The molecule has 0 spiro atoms. The van der Waals surface area contributed by atoms with Crippen molar-refractivity contribution in [2.24, 2.45) is 0 Å². The molecule has 0 fully saturated rings. The number of carbonyl (C=O) groups excluding carboxylic acids is 1. The SMILES string of the molecule is CCCCN(O)C(=O)OC(C)(C)C. The maximum atomic E-state index is 11.1. The minimum absolute atomic E-state index is 0.325. The van der Waals surface area contributed by atoms with E-state index in [0.717, 1.165) is 12.8 Å². The molecule has 0 aromatic heterocycles. The molecule has 0 atom stereocenters. The number of carbonyl (C=O) groups is 1. The van der Waals surface area contributed by atoms with Crippen LogP contribution in [0.1, 0.15) is 40.5 Å². The Labute approximate surface area is 79.4 Å². The Kier molecular flexibility index (Phi) is 4.77. The van der Waals surface area contributed by atoms with Crippen LogP contribution in [-0.4, -0.2) is 28.5 Å². The van der Waals surface area contributed by atoms with E-state index in [2.05, 4.69) is 0 Å². The summed E-state index contributed by atoms with van der Waals surface area (Å²) in [7, 11) is 0. The van der Waals surface area contributed by atoms with E-state index < -0.39 is 11.7 Å². The van der Waals surface area contributed by atoms with Crippen LogP contribution in [0.2, 0.25) is 0 Å². The van der Waals surface area contributed by atoms with Crippen molar-refractivity contribution < 1.29 is 14.7 Å². The van der Waals surface area contributed by atoms with E-state index in [-0.39, 0.29) is 0 Å². The maximum absolute atomic E-state index is 11.1. The third kappa shape index (κ3) is 6.40. The molecule has 78 valence electrons. The van der Waals surface area contributed by atoms with Gasteiger partial charge in [-0.05, 0) is 27.2 Å². The molecule has 0 aliphatic heterocycles. The first-order valence-corrected chi connectivity index (χ1v) is 4.56. The van der Waals surface area contributed by atoms with Gasteiger partial charge in [0.2, 0.25) is 0 Å². The maximum Gasteiger partial charge on any atom is 0.434 e. The predicted molar refractivity (Wildman–Crippen MR) is 49.6 cm³/mol. The number of unbranched alkanes of at least 4 members (excludes halogenated alkanes) is 1. The summed E-state index contributed by atoms with van der Waals surface area (Å²) in [4.78, 5) is 11.1. The molecule has 0 aliphatic carbocycles. The van der Waals surface area contributed by atoms with Gasteiger partial charge in [-0.25, -0.2) is 4.79 Å². The fourth-order valence-corrected chi connectivity index (χ4v) is 0.714. The van der Waals surface area contributed by atoms with Crippen molar-refractivity contribution in [2.75, 3.05) is 6.54 Å². The highest BCUT2D eigenvalue weighted by Gasteiger charge is 2.20. The molecule has 1 N–H and O–H groups in total. The molecule has 0 rings (SSSR count). The van der Waals surface area contributed by atoms with Crippen LogP contribution in [-0.2, 0) is 4.74 Å². The van der Waals surface area contributed by atoms with Gasteiger partial charge in [-0.2, -0.15) is 5.06 Å². The number of ether oxygens (including phenoxy) is 1. The van der Waals surface area contributed by atoms with Gasteiger partial charge in [0.1, 0.15) is 5.60 Å². The molecule has 0 bridgehead atoms. The Balaban J connectivity index is 3.83. The second-order valence-corrected chi connectivity index (χ2v) is 3.96. The topological polar surface area (TPSA) is 49.8 Å². The van der Waals surface area contributed by atoms with Gasteiger partial charge in [-0.3, -0.25) is 5.21 Å². The Morgan fingerprint density at radius 3 is 2.38 bits per heavy atom. The minimum Gasteiger partial charge on any atom is -0.442 e. The molecule has 13 heavy (non-hydrogen) atoms. The predicted octanol–water partition coefficient (Wildman–Crippen LogP) is 2.41. The van der Waals surface area contributed by atoms with Crippen LogP contribution in [0.4, 0.5) is 4.79 Å². The minimum atomic E-state index is -0.680. The smallest absolute Gasteiger partial charge is 0.434 e. The fraction of sp³-hybridized carbons (Fsp3) is 0.889. The number of nitrogens with zero attached hydrogens (tertiary/aromatic N) is 1. The molecule has 0 radical (unpaired) electrons. The summed E-state index contributed by atoms with van der Waals surface area (Å²) < 4.78 is 4.93. The van der Waals surface area contributed by atoms with E-state index >= 15 is 0 Å². The molecule has 4 heteroatoms. The highest BCUT2D eigenvalue weighted by molar-refractivity contribution is 5.66. The van der Waals surface area contributed by atoms with Crippen molar-refractivity contribution in [3.63, 3.8) is 0 Å². The normalized spacial score (nSPS) is 11.2. The summed E-state index contributed by atoms with van der Waals surface area (Å²) in [5.74, 6) is 0. The monoisotopic (exact) mass is 189 g/mol. The van der Waals surface area contributed by atoms with Crippen molar-refractivity contribution in [2.45, 2.75) is 46.1 Å². The van der Waals surface area contributed by atoms with Crippen LogP contribution in [0, 0.1) is 0 Å². The zero-order valence-electron chi connectivity index (χ0n) is 8.83. The first-order chi connectivity index (χ1) is 5.87. The van der Waals surface area contributed by atoms with Crippen molar-refractivity contribution in [1.82, 2.24) is 5.06 Å². The third-order valence-corrected chi connectivity index (χ3v) is 1.33. The van der Waals surface area contributed by atoms with Crippen LogP contribution in [0.5, 0.6) is 0 Å². The molecule has 4 nitrogen and oxygen atoms in total. The van der Waals surface area contributed by atoms with Gasteiger partial charge >= 0.3 is 6.09 Å². The van der Waals surface area contributed by atoms with Gasteiger partial charge in [0.25, 0.3) is 0 Å². The second kappa shape index (κ2) is 5.07. The zero-order valence-corrected chi connectivity index (χ0v) is 8.83. The van der Waals surface area contributed by atoms with Crippen molar-refractivity contribution in [1.29, 1.82) is 0 Å². The van der Waals surface area contributed by atoms with Gasteiger partial charge < -0.3 is 4.74 Å². The van der Waals surface area contributed by atoms with Crippen LogP contribution in [0.3, 0.4) is 0 Å². The molecular weight excluding hydrogens is 170 g/mol. The third-order valence-electron chi connectivity index (χ3n) is 1.33. The second-order valence-electron chi connectivity index (χ2n) is 3.96. The number of rotatable bonds is 3. The van der Waals surface area contributed by atoms with Gasteiger partial charge in [-0.15, -0.1) is 0 Å². The zero-order chi connectivity index (χ0) is 10.5. The van der Waals surface area contributed by atoms with E-state index in [9.17, 15) is 10.0 Å². The number of hydrogen-bond donors (Lipinski definition) is 1. The lowest BCUT2D eigenvalue weighted by atomic mass is 10.2. The van der Waals surface area contributed by atoms with Gasteiger partial charge in [0.05, 0.1) is 6.54 Å². The lowest BCUT2D eigenvalue weighted by molar-refractivity contribution is -0.0942. The molecule has 0 saturated heterocycles. The lowest BCUT2D eigenvalue weighted by Gasteiger charge is -2.23. The first-order valence-electron chi connectivity index (χ1n) is 4.56. The molecule has 0 aromatic carbocycles. The van der Waals surface area contributed by atoms with E-state index in [1.807, 2.05) is 6.92 Å². The molecule has 1 amide bonds. The fourth-order valence-electron chi connectivity index (χ4n) is 0.714. The van der Waals surface area contributed by atoms with Crippen LogP contribution < -0.4 is 0 Å². The molecule has 0 aromatic rings. The van der Waals surface area contributed by atoms with Gasteiger partial charge in [0, 0.05) is 0 Å². The summed E-state index contributed by atoms with van der Waals surface area (Å²) >= 11 is 0. The van der Waals surface area contributed by atoms with Crippen molar-refractivity contribution in [3.05, 3.63) is 0 Å². The quantitative estimate of drug-likeness (QED) is 0.548. The highest BCUT2D eigenvalue weighted by atomic mass is 16.6. The number of amides is 1. The van der Waals surface area contributed by atoms with Gasteiger partial charge in [0.15, 0.2) is 0 Å². The Hall–Kier alpha value is -0.770. The van der Waals surface area contributed by atoms with E-state index in [1.54, 1.807) is 20.8 Å². The summed E-state index contributed by atoms with van der Waals surface area (Å²) in [6.07, 6.45) is 1.02. The molecule has 0 unspecified atom stereocenters. The molecule has 0 saturated carbocycles. The number of hydrogen-bond acceptors (Lipinski definition) is 3. The molecule has 0 heterocycles. The highest BCUT2D eigenvalue weighted by Crippen LogP contribution is 2.09. The van der Waals surface area contributed by atoms with Crippen LogP contribution >= 0.6 is 0 Å². The van der Waals surface area contributed by atoms with Crippen molar-refractivity contribution in [3.8, 4) is 0 Å². The number of hydroxylamine groups is 2. The largest absolute Gasteiger partial charge is 0.442 e.